The van der Waals surface area contributed by atoms with E-state index in [2.05, 4.69) is 48.5 Å². The molecule has 0 saturated carbocycles. The van der Waals surface area contributed by atoms with Crippen molar-refractivity contribution in [2.75, 3.05) is 39.6 Å². The Bertz CT molecular complexity index is 1960. The van der Waals surface area contributed by atoms with E-state index in [0.29, 0.717) is 25.7 Å². The molecule has 0 bridgehead atoms. The molecule has 0 spiro atoms. The molecule has 101 heavy (non-hydrogen) atoms. The third kappa shape index (κ3) is 73.4. The first-order valence-corrected chi connectivity index (χ1v) is 45.4. The Morgan fingerprint density at radius 3 is 0.752 bits per heavy atom. The summed E-state index contributed by atoms with van der Waals surface area (Å²) in [5.41, 5.74) is 0. The number of hydrogen-bond donors (Lipinski definition) is 3. The van der Waals surface area contributed by atoms with E-state index >= 15 is 0 Å². The van der Waals surface area contributed by atoms with Gasteiger partial charge in [0.15, 0.2) is 12.2 Å². The summed E-state index contributed by atoms with van der Waals surface area (Å²) in [4.78, 5) is 73.1. The molecule has 0 fully saturated rings. The molecule has 0 aliphatic heterocycles. The van der Waals surface area contributed by atoms with Crippen molar-refractivity contribution in [1.82, 2.24) is 0 Å². The number of carbonyl (C=O) groups excluding carboxylic acids is 4. The van der Waals surface area contributed by atoms with Crippen LogP contribution in [-0.2, 0) is 65.4 Å². The van der Waals surface area contributed by atoms with E-state index in [1.807, 2.05) is 0 Å². The van der Waals surface area contributed by atoms with E-state index in [1.54, 1.807) is 0 Å². The second-order valence-corrected chi connectivity index (χ2v) is 33.4. The predicted molar refractivity (Wildman–Crippen MR) is 414 cm³/mol. The number of hydrogen-bond acceptors (Lipinski definition) is 15. The molecule has 0 aliphatic rings. The molecule has 19 heteroatoms. The van der Waals surface area contributed by atoms with Crippen molar-refractivity contribution in [3.63, 3.8) is 0 Å². The summed E-state index contributed by atoms with van der Waals surface area (Å²) in [5.74, 6) is 0.262. The first-order chi connectivity index (χ1) is 48.8. The van der Waals surface area contributed by atoms with E-state index in [4.69, 9.17) is 37.0 Å². The van der Waals surface area contributed by atoms with Gasteiger partial charge < -0.3 is 33.8 Å². The fraction of sp³-hybridized carbons (Fsp3) is 0.951. The second kappa shape index (κ2) is 72.3. The highest BCUT2D eigenvalue weighted by Crippen LogP contribution is 2.45. The molecule has 17 nitrogen and oxygen atoms in total. The molecule has 0 heterocycles. The van der Waals surface area contributed by atoms with Crippen LogP contribution in [0.4, 0.5) is 0 Å². The van der Waals surface area contributed by atoms with Crippen LogP contribution in [0.15, 0.2) is 0 Å². The van der Waals surface area contributed by atoms with E-state index in [1.165, 1.54) is 238 Å². The Labute approximate surface area is 619 Å². The summed E-state index contributed by atoms with van der Waals surface area (Å²) in [6.07, 6.45) is 60.9. The number of phosphoric acid groups is 2. The summed E-state index contributed by atoms with van der Waals surface area (Å²) in [6, 6.07) is 0. The number of phosphoric ester groups is 2. The normalized spacial score (nSPS) is 14.5. The molecule has 0 radical (unpaired) electrons. The summed E-state index contributed by atoms with van der Waals surface area (Å²) >= 11 is 0. The van der Waals surface area contributed by atoms with Crippen molar-refractivity contribution < 1.29 is 80.2 Å². The molecule has 0 saturated heterocycles. The van der Waals surface area contributed by atoms with Gasteiger partial charge in [-0.1, -0.05) is 376 Å². The van der Waals surface area contributed by atoms with Gasteiger partial charge in [0.05, 0.1) is 26.4 Å². The SMILES string of the molecule is CCCCCCCCCCCCCCCCCCCCCC(=O)O[C@H](COC(=O)CCCCCCCCCCCCCCCC(C)C)COP(=O)(O)OC[C@@H](O)COP(=O)(O)OC[C@@H](COC(=O)CCCCCCCCCCC(C)CC)OC(=O)CCCCCCCCCCCCC(C)CC. The lowest BCUT2D eigenvalue weighted by molar-refractivity contribution is -0.161. The Hall–Kier alpha value is -1.94. The first-order valence-electron chi connectivity index (χ1n) is 42.4. The average Bonchev–Trinajstić information content (AvgIpc) is 0.952. The minimum atomic E-state index is -4.96. The number of unbranched alkanes of at least 4 members (excludes halogenated alkanes) is 46. The van der Waals surface area contributed by atoms with Gasteiger partial charge in [-0.2, -0.15) is 0 Å². The van der Waals surface area contributed by atoms with Crippen LogP contribution >= 0.6 is 15.6 Å². The van der Waals surface area contributed by atoms with Crippen LogP contribution < -0.4 is 0 Å². The third-order valence-electron chi connectivity index (χ3n) is 19.9. The smallest absolute Gasteiger partial charge is 0.462 e. The number of ether oxygens (including phenoxy) is 4. The Balaban J connectivity index is 5.27. The molecule has 0 rings (SSSR count). The van der Waals surface area contributed by atoms with Gasteiger partial charge >= 0.3 is 39.5 Å². The molecular formula is C82H160O17P2. The number of carbonyl (C=O) groups is 4. The van der Waals surface area contributed by atoms with Gasteiger partial charge in [0, 0.05) is 25.7 Å². The van der Waals surface area contributed by atoms with Crippen LogP contribution in [-0.4, -0.2) is 96.7 Å². The van der Waals surface area contributed by atoms with E-state index in [0.717, 1.165) is 108 Å². The fourth-order valence-electron chi connectivity index (χ4n) is 12.6. The molecule has 0 aromatic heterocycles. The zero-order valence-electron chi connectivity index (χ0n) is 66.4. The van der Waals surface area contributed by atoms with Crippen LogP contribution in [0, 0.1) is 17.8 Å². The van der Waals surface area contributed by atoms with Crippen LogP contribution in [0.5, 0.6) is 0 Å². The Kier molecular flexibility index (Phi) is 70.9. The lowest BCUT2D eigenvalue weighted by Gasteiger charge is -2.21. The number of esters is 4. The summed E-state index contributed by atoms with van der Waals surface area (Å²) < 4.78 is 68.8. The highest BCUT2D eigenvalue weighted by atomic mass is 31.2. The van der Waals surface area contributed by atoms with Crippen molar-refractivity contribution in [2.24, 2.45) is 17.8 Å². The third-order valence-corrected chi connectivity index (χ3v) is 21.8. The second-order valence-electron chi connectivity index (χ2n) is 30.5. The highest BCUT2D eigenvalue weighted by molar-refractivity contribution is 7.47. The van der Waals surface area contributed by atoms with Gasteiger partial charge in [-0.25, -0.2) is 9.13 Å². The van der Waals surface area contributed by atoms with Crippen molar-refractivity contribution in [3.8, 4) is 0 Å². The van der Waals surface area contributed by atoms with Crippen molar-refractivity contribution in [2.45, 2.75) is 446 Å². The maximum Gasteiger partial charge on any atom is 0.472 e. The minimum absolute atomic E-state index is 0.106. The molecule has 0 amide bonds. The monoisotopic (exact) mass is 1480 g/mol. The lowest BCUT2D eigenvalue weighted by atomic mass is 9.99. The van der Waals surface area contributed by atoms with Crippen LogP contribution in [0.2, 0.25) is 0 Å². The fourth-order valence-corrected chi connectivity index (χ4v) is 14.2. The van der Waals surface area contributed by atoms with Gasteiger partial charge in [-0.15, -0.1) is 0 Å². The Morgan fingerprint density at radius 1 is 0.287 bits per heavy atom. The van der Waals surface area contributed by atoms with Crippen LogP contribution in [0.25, 0.3) is 0 Å². The number of aliphatic hydroxyl groups is 1. The van der Waals surface area contributed by atoms with Crippen molar-refractivity contribution in [1.29, 1.82) is 0 Å². The summed E-state index contributed by atoms with van der Waals surface area (Å²) in [6.45, 7) is 12.0. The topological polar surface area (TPSA) is 237 Å². The van der Waals surface area contributed by atoms with E-state index < -0.39 is 97.5 Å². The van der Waals surface area contributed by atoms with Crippen molar-refractivity contribution >= 4 is 39.5 Å². The lowest BCUT2D eigenvalue weighted by Crippen LogP contribution is -2.30. The predicted octanol–water partition coefficient (Wildman–Crippen LogP) is 24.5. The van der Waals surface area contributed by atoms with Gasteiger partial charge in [-0.3, -0.25) is 37.3 Å². The average molecular weight is 1480 g/mol. The van der Waals surface area contributed by atoms with Crippen LogP contribution in [0.3, 0.4) is 0 Å². The maximum absolute atomic E-state index is 13.1. The maximum atomic E-state index is 13.1. The van der Waals surface area contributed by atoms with Gasteiger partial charge in [-0.05, 0) is 43.4 Å². The molecule has 4 unspecified atom stereocenters. The largest absolute Gasteiger partial charge is 0.472 e. The molecule has 7 atom stereocenters. The molecule has 0 aromatic carbocycles. The summed E-state index contributed by atoms with van der Waals surface area (Å²) in [7, 11) is -9.92. The van der Waals surface area contributed by atoms with E-state index in [-0.39, 0.29) is 25.7 Å². The highest BCUT2D eigenvalue weighted by Gasteiger charge is 2.30. The molecular weight excluding hydrogens is 1320 g/mol. The van der Waals surface area contributed by atoms with E-state index in [9.17, 15) is 43.2 Å². The zero-order valence-corrected chi connectivity index (χ0v) is 68.2. The summed E-state index contributed by atoms with van der Waals surface area (Å²) in [5, 5.41) is 10.7. The number of rotatable bonds is 80. The van der Waals surface area contributed by atoms with Crippen LogP contribution in [0.1, 0.15) is 427 Å². The number of aliphatic hydroxyl groups excluding tert-OH is 1. The minimum Gasteiger partial charge on any atom is -0.462 e. The Morgan fingerprint density at radius 2 is 0.505 bits per heavy atom. The van der Waals surface area contributed by atoms with Gasteiger partial charge in [0.2, 0.25) is 0 Å². The van der Waals surface area contributed by atoms with Gasteiger partial charge in [0.1, 0.15) is 19.3 Å². The molecule has 600 valence electrons. The van der Waals surface area contributed by atoms with Gasteiger partial charge in [0.25, 0.3) is 0 Å². The molecule has 3 N–H and O–H groups in total. The quantitative estimate of drug-likeness (QED) is 0.0222. The first kappa shape index (κ1) is 99.1. The van der Waals surface area contributed by atoms with Crippen molar-refractivity contribution in [3.05, 3.63) is 0 Å². The standard InChI is InChI=1S/C82H160O17P2/c1-8-11-12-13-14-15-16-17-18-19-20-21-22-25-29-35-44-51-58-65-81(86)98-77(69-92-79(84)63-56-49-42-34-28-26-23-24-27-32-39-46-53-60-73(4)5)71-96-100(88,89)94-67-76(83)68-95-101(90,91)97-72-78(70-93-80(85)64-57-50-43-38-37-41-48-55-62-75(7)10-3)99-82(87)66-59-52-45-36-31-30-33-40-47-54-61-74(6)9-2/h73-78,83H,8-72H2,1-7H3,(H,88,89)(H,90,91)/t74?,75?,76-,77-,78-/m1/s1. The molecule has 0 aliphatic carbocycles. The zero-order chi connectivity index (χ0) is 74.4. The molecule has 0 aromatic rings.